The number of nitrogens with two attached hydrogens (primary N) is 1. The fourth-order valence-electron chi connectivity index (χ4n) is 1.23. The van der Waals surface area contributed by atoms with E-state index in [4.69, 9.17) is 17.3 Å². The number of aromatic amines is 1. The second-order valence-corrected chi connectivity index (χ2v) is 3.53. The van der Waals surface area contributed by atoms with Crippen LogP contribution in [0.1, 0.15) is 0 Å². The SMILES string of the molecule is Nc1cc(=O)[nH]c(Nc2ccccc2Cl)n1. The number of anilines is 3. The molecular weight excluding hydrogens is 228 g/mol. The molecule has 2 rings (SSSR count). The van der Waals surface area contributed by atoms with Crippen LogP contribution >= 0.6 is 11.6 Å². The minimum atomic E-state index is -0.318. The van der Waals surface area contributed by atoms with Crippen LogP contribution in [0.3, 0.4) is 0 Å². The molecule has 0 atom stereocenters. The van der Waals surface area contributed by atoms with Crippen molar-refractivity contribution in [1.29, 1.82) is 0 Å². The maximum atomic E-state index is 11.1. The van der Waals surface area contributed by atoms with Gasteiger partial charge in [0.05, 0.1) is 10.7 Å². The highest BCUT2D eigenvalue weighted by Crippen LogP contribution is 2.22. The average molecular weight is 237 g/mol. The van der Waals surface area contributed by atoms with Crippen molar-refractivity contribution in [3.05, 3.63) is 45.7 Å². The summed E-state index contributed by atoms with van der Waals surface area (Å²) >= 11 is 5.94. The normalized spacial score (nSPS) is 10.1. The zero-order valence-corrected chi connectivity index (χ0v) is 8.95. The smallest absolute Gasteiger partial charge is 0.254 e. The van der Waals surface area contributed by atoms with Crippen LogP contribution in [0.25, 0.3) is 0 Å². The van der Waals surface area contributed by atoms with Crippen LogP contribution in [0.5, 0.6) is 0 Å². The van der Waals surface area contributed by atoms with Gasteiger partial charge in [0.25, 0.3) is 5.56 Å². The van der Waals surface area contributed by atoms with E-state index in [1.54, 1.807) is 12.1 Å². The minimum absolute atomic E-state index is 0.151. The standard InChI is InChI=1S/C10H9ClN4O/c11-6-3-1-2-4-7(6)13-10-14-8(12)5-9(16)15-10/h1-5H,(H4,12,13,14,15,16). The third kappa shape index (κ3) is 2.32. The van der Waals surface area contributed by atoms with Crippen molar-refractivity contribution in [2.75, 3.05) is 11.1 Å². The molecule has 0 aliphatic carbocycles. The van der Waals surface area contributed by atoms with Gasteiger partial charge in [0.15, 0.2) is 0 Å². The van der Waals surface area contributed by atoms with Crippen molar-refractivity contribution in [3.63, 3.8) is 0 Å². The van der Waals surface area contributed by atoms with Gasteiger partial charge in [-0.05, 0) is 12.1 Å². The Morgan fingerprint density at radius 3 is 2.81 bits per heavy atom. The van der Waals surface area contributed by atoms with E-state index >= 15 is 0 Å². The Balaban J connectivity index is 2.34. The van der Waals surface area contributed by atoms with E-state index in [-0.39, 0.29) is 17.3 Å². The molecule has 0 aliphatic heterocycles. The van der Waals surface area contributed by atoms with Gasteiger partial charge in [-0.1, -0.05) is 23.7 Å². The van der Waals surface area contributed by atoms with Gasteiger partial charge >= 0.3 is 0 Å². The van der Waals surface area contributed by atoms with Crippen LogP contribution in [0, 0.1) is 0 Å². The second kappa shape index (κ2) is 4.24. The van der Waals surface area contributed by atoms with Crippen LogP contribution < -0.4 is 16.6 Å². The monoisotopic (exact) mass is 236 g/mol. The fourth-order valence-corrected chi connectivity index (χ4v) is 1.41. The summed E-state index contributed by atoms with van der Waals surface area (Å²) in [5.41, 5.74) is 5.78. The predicted molar refractivity (Wildman–Crippen MR) is 64.0 cm³/mol. The van der Waals surface area contributed by atoms with E-state index in [1.165, 1.54) is 6.07 Å². The number of hydrogen-bond donors (Lipinski definition) is 3. The summed E-state index contributed by atoms with van der Waals surface area (Å²) in [5, 5.41) is 3.41. The van der Waals surface area contributed by atoms with E-state index in [0.29, 0.717) is 10.7 Å². The largest absolute Gasteiger partial charge is 0.383 e. The molecule has 0 unspecified atom stereocenters. The van der Waals surface area contributed by atoms with E-state index < -0.39 is 0 Å². The van der Waals surface area contributed by atoms with Gasteiger partial charge in [0, 0.05) is 6.07 Å². The van der Waals surface area contributed by atoms with E-state index in [1.807, 2.05) is 12.1 Å². The molecule has 1 aromatic heterocycles. The molecule has 0 saturated carbocycles. The molecule has 0 amide bonds. The fraction of sp³-hybridized carbons (Fsp3) is 0. The van der Waals surface area contributed by atoms with Gasteiger partial charge in [0.2, 0.25) is 5.95 Å². The Kier molecular flexibility index (Phi) is 2.78. The molecule has 0 spiro atoms. The Morgan fingerprint density at radius 1 is 1.38 bits per heavy atom. The van der Waals surface area contributed by atoms with Gasteiger partial charge in [-0.15, -0.1) is 0 Å². The molecule has 82 valence electrons. The summed E-state index contributed by atoms with van der Waals surface area (Å²) in [4.78, 5) is 17.6. The van der Waals surface area contributed by atoms with E-state index in [9.17, 15) is 4.79 Å². The number of nitrogens with zero attached hydrogens (tertiary/aromatic N) is 1. The Bertz CT molecular complexity index is 567. The van der Waals surface area contributed by atoms with Crippen molar-refractivity contribution < 1.29 is 0 Å². The van der Waals surface area contributed by atoms with Crippen LogP contribution in [-0.4, -0.2) is 9.97 Å². The van der Waals surface area contributed by atoms with Crippen LogP contribution in [0.2, 0.25) is 5.02 Å². The molecule has 0 radical (unpaired) electrons. The topological polar surface area (TPSA) is 83.8 Å². The maximum Gasteiger partial charge on any atom is 0.254 e. The number of nitrogen functional groups attached to an aromatic ring is 1. The lowest BCUT2D eigenvalue weighted by molar-refractivity contribution is 1.13. The molecular formula is C10H9ClN4O. The Labute approximate surface area is 96.3 Å². The molecule has 1 heterocycles. The summed E-state index contributed by atoms with van der Waals surface area (Å²) in [7, 11) is 0. The minimum Gasteiger partial charge on any atom is -0.383 e. The number of benzene rings is 1. The molecule has 1 aromatic carbocycles. The molecule has 5 nitrogen and oxygen atoms in total. The van der Waals surface area contributed by atoms with E-state index in [2.05, 4.69) is 15.3 Å². The first-order valence-electron chi connectivity index (χ1n) is 4.53. The first-order valence-corrected chi connectivity index (χ1v) is 4.91. The summed E-state index contributed by atoms with van der Waals surface area (Å²) in [5.74, 6) is 0.413. The number of halogens is 1. The molecule has 0 fully saturated rings. The first kappa shape index (κ1) is 10.5. The van der Waals surface area contributed by atoms with Gasteiger partial charge < -0.3 is 11.1 Å². The van der Waals surface area contributed by atoms with Gasteiger partial charge in [-0.3, -0.25) is 9.78 Å². The highest BCUT2D eigenvalue weighted by Gasteiger charge is 2.02. The van der Waals surface area contributed by atoms with Crippen LogP contribution in [0.15, 0.2) is 35.1 Å². The van der Waals surface area contributed by atoms with Crippen molar-refractivity contribution in [2.45, 2.75) is 0 Å². The lowest BCUT2D eigenvalue weighted by Gasteiger charge is -2.06. The summed E-state index contributed by atoms with van der Waals surface area (Å²) < 4.78 is 0. The van der Waals surface area contributed by atoms with Gasteiger partial charge in [-0.2, -0.15) is 4.98 Å². The summed E-state index contributed by atoms with van der Waals surface area (Å²) in [6, 6.07) is 8.33. The lowest BCUT2D eigenvalue weighted by Crippen LogP contribution is -2.11. The number of para-hydroxylation sites is 1. The Hall–Kier alpha value is -2.01. The first-order chi connectivity index (χ1) is 7.65. The van der Waals surface area contributed by atoms with Crippen LogP contribution in [-0.2, 0) is 0 Å². The van der Waals surface area contributed by atoms with Crippen molar-refractivity contribution in [2.24, 2.45) is 0 Å². The highest BCUT2D eigenvalue weighted by atomic mass is 35.5. The molecule has 0 saturated heterocycles. The number of aromatic nitrogens is 2. The zero-order valence-electron chi connectivity index (χ0n) is 8.20. The molecule has 2 aromatic rings. The average Bonchev–Trinajstić information content (AvgIpc) is 2.20. The lowest BCUT2D eigenvalue weighted by atomic mass is 10.3. The third-order valence-corrected chi connectivity index (χ3v) is 2.22. The maximum absolute atomic E-state index is 11.1. The number of H-pyrrole nitrogens is 1. The van der Waals surface area contributed by atoms with E-state index in [0.717, 1.165) is 0 Å². The number of hydrogen-bond acceptors (Lipinski definition) is 4. The van der Waals surface area contributed by atoms with Crippen molar-refractivity contribution in [1.82, 2.24) is 9.97 Å². The van der Waals surface area contributed by atoms with Gasteiger partial charge in [-0.25, -0.2) is 0 Å². The highest BCUT2D eigenvalue weighted by molar-refractivity contribution is 6.33. The van der Waals surface area contributed by atoms with Crippen molar-refractivity contribution in [3.8, 4) is 0 Å². The molecule has 6 heteroatoms. The number of rotatable bonds is 2. The zero-order chi connectivity index (χ0) is 11.5. The second-order valence-electron chi connectivity index (χ2n) is 3.12. The quantitative estimate of drug-likeness (QED) is 0.742. The Morgan fingerprint density at radius 2 is 2.12 bits per heavy atom. The van der Waals surface area contributed by atoms with Crippen LogP contribution in [0.4, 0.5) is 17.5 Å². The summed E-state index contributed by atoms with van der Waals surface area (Å²) in [6.07, 6.45) is 0. The molecule has 0 bridgehead atoms. The van der Waals surface area contributed by atoms with Gasteiger partial charge in [0.1, 0.15) is 5.82 Å². The predicted octanol–water partition coefficient (Wildman–Crippen LogP) is 1.75. The molecule has 16 heavy (non-hydrogen) atoms. The molecule has 0 aliphatic rings. The number of nitrogens with one attached hydrogen (secondary N) is 2. The van der Waals surface area contributed by atoms with Crippen molar-refractivity contribution >= 4 is 29.1 Å². The third-order valence-electron chi connectivity index (χ3n) is 1.89. The summed E-state index contributed by atoms with van der Waals surface area (Å²) in [6.45, 7) is 0. The molecule has 4 N–H and O–H groups in total.